The van der Waals surface area contributed by atoms with Gasteiger partial charge in [0.25, 0.3) is 0 Å². The quantitative estimate of drug-likeness (QED) is 0.687. The lowest BCUT2D eigenvalue weighted by atomic mass is 10.1. The monoisotopic (exact) mass is 371 g/mol. The molecule has 0 amide bonds. The van der Waals surface area contributed by atoms with Crippen LogP contribution in [0.15, 0.2) is 65.6 Å². The van der Waals surface area contributed by atoms with Gasteiger partial charge < -0.3 is 9.47 Å². The van der Waals surface area contributed by atoms with Crippen molar-refractivity contribution < 1.29 is 17.9 Å². The Kier molecular flexibility index (Phi) is 5.44. The molecule has 0 aliphatic carbocycles. The summed E-state index contributed by atoms with van der Waals surface area (Å²) in [5.41, 5.74) is 0.790. The smallest absolute Gasteiger partial charge is 0.240 e. The first kappa shape index (κ1) is 18.2. The summed E-state index contributed by atoms with van der Waals surface area (Å²) in [6.07, 6.45) is 0. The Morgan fingerprint density at radius 1 is 0.923 bits per heavy atom. The molecule has 0 spiro atoms. The molecule has 0 bridgehead atoms. The minimum absolute atomic E-state index is 0.166. The van der Waals surface area contributed by atoms with Gasteiger partial charge in [-0.2, -0.15) is 0 Å². The molecular weight excluding hydrogens is 350 g/mol. The number of methoxy groups -OCH3 is 1. The average Bonchev–Trinajstić information content (AvgIpc) is 2.66. The summed E-state index contributed by atoms with van der Waals surface area (Å²) in [5, 5.41) is 1.89. The van der Waals surface area contributed by atoms with E-state index in [-0.39, 0.29) is 11.4 Å². The number of hydrogen-bond acceptors (Lipinski definition) is 4. The first-order chi connectivity index (χ1) is 12.5. The highest BCUT2D eigenvalue weighted by Gasteiger charge is 2.15. The Morgan fingerprint density at radius 3 is 2.42 bits per heavy atom. The van der Waals surface area contributed by atoms with Crippen molar-refractivity contribution in [2.45, 2.75) is 18.4 Å². The standard InChI is InChI=1S/C20H21NO4S/c1-3-25-20-12-15(8-11-19(20)24-2)14-21-26(22,23)18-10-9-16-6-4-5-7-17(16)13-18/h4-13,21H,3,14H2,1-2H3. The Bertz CT molecular complexity index is 1020. The number of nitrogens with one attached hydrogen (secondary N) is 1. The molecule has 6 heteroatoms. The van der Waals surface area contributed by atoms with Crippen molar-refractivity contribution in [2.24, 2.45) is 0 Å². The van der Waals surface area contributed by atoms with Crippen molar-refractivity contribution in [1.29, 1.82) is 0 Å². The minimum Gasteiger partial charge on any atom is -0.493 e. The largest absolute Gasteiger partial charge is 0.493 e. The van der Waals surface area contributed by atoms with Gasteiger partial charge in [0.05, 0.1) is 18.6 Å². The first-order valence-corrected chi connectivity index (χ1v) is 9.80. The van der Waals surface area contributed by atoms with Crippen molar-refractivity contribution in [2.75, 3.05) is 13.7 Å². The minimum atomic E-state index is -3.61. The van der Waals surface area contributed by atoms with E-state index >= 15 is 0 Å². The van der Waals surface area contributed by atoms with Crippen molar-refractivity contribution in [3.05, 3.63) is 66.2 Å². The van der Waals surface area contributed by atoms with E-state index in [2.05, 4.69) is 4.72 Å². The van der Waals surface area contributed by atoms with Gasteiger partial charge in [-0.3, -0.25) is 0 Å². The Hall–Kier alpha value is -2.57. The number of fused-ring (bicyclic) bond motifs is 1. The summed E-state index contributed by atoms with van der Waals surface area (Å²) in [4.78, 5) is 0.245. The van der Waals surface area contributed by atoms with Gasteiger partial charge >= 0.3 is 0 Å². The van der Waals surface area contributed by atoms with Gasteiger partial charge in [0, 0.05) is 6.54 Å². The molecule has 5 nitrogen and oxygen atoms in total. The van der Waals surface area contributed by atoms with Gasteiger partial charge in [-0.25, -0.2) is 13.1 Å². The molecule has 3 aromatic rings. The van der Waals surface area contributed by atoms with Crippen LogP contribution >= 0.6 is 0 Å². The molecule has 3 aromatic carbocycles. The highest BCUT2D eigenvalue weighted by atomic mass is 32.2. The third-order valence-electron chi connectivity index (χ3n) is 4.03. The molecule has 26 heavy (non-hydrogen) atoms. The molecule has 0 atom stereocenters. The third-order valence-corrected chi connectivity index (χ3v) is 5.42. The maximum absolute atomic E-state index is 12.6. The topological polar surface area (TPSA) is 64.6 Å². The molecule has 0 aliphatic rings. The SMILES string of the molecule is CCOc1cc(CNS(=O)(=O)c2ccc3ccccc3c2)ccc1OC. The van der Waals surface area contributed by atoms with Crippen LogP contribution in [-0.4, -0.2) is 22.1 Å². The Morgan fingerprint density at radius 2 is 1.69 bits per heavy atom. The summed E-state index contributed by atoms with van der Waals surface area (Å²) < 4.78 is 38.6. The highest BCUT2D eigenvalue weighted by molar-refractivity contribution is 7.89. The van der Waals surface area contributed by atoms with Crippen molar-refractivity contribution in [3.8, 4) is 11.5 Å². The normalized spacial score (nSPS) is 11.5. The fourth-order valence-electron chi connectivity index (χ4n) is 2.70. The lowest BCUT2D eigenvalue weighted by Crippen LogP contribution is -2.23. The zero-order valence-electron chi connectivity index (χ0n) is 14.7. The summed E-state index contributed by atoms with van der Waals surface area (Å²) in [5.74, 6) is 1.21. The Balaban J connectivity index is 1.80. The molecule has 0 fully saturated rings. The lowest BCUT2D eigenvalue weighted by Gasteiger charge is -2.12. The van der Waals surface area contributed by atoms with Crippen molar-refractivity contribution >= 4 is 20.8 Å². The average molecular weight is 371 g/mol. The zero-order chi connectivity index (χ0) is 18.6. The van der Waals surface area contributed by atoms with Crippen molar-refractivity contribution in [1.82, 2.24) is 4.72 Å². The van der Waals surface area contributed by atoms with Crippen LogP contribution < -0.4 is 14.2 Å². The molecule has 0 heterocycles. The maximum atomic E-state index is 12.6. The fourth-order valence-corrected chi connectivity index (χ4v) is 3.75. The number of sulfonamides is 1. The fraction of sp³-hybridized carbons (Fsp3) is 0.200. The highest BCUT2D eigenvalue weighted by Crippen LogP contribution is 2.28. The molecule has 1 N–H and O–H groups in total. The van der Waals surface area contributed by atoms with E-state index in [0.717, 1.165) is 16.3 Å². The van der Waals surface area contributed by atoms with E-state index in [9.17, 15) is 8.42 Å². The van der Waals surface area contributed by atoms with Crippen LogP contribution in [0.25, 0.3) is 10.8 Å². The van der Waals surface area contributed by atoms with Crippen LogP contribution in [0.3, 0.4) is 0 Å². The van der Waals surface area contributed by atoms with Gasteiger partial charge in [0.2, 0.25) is 10.0 Å². The van der Waals surface area contributed by atoms with Crippen LogP contribution in [0, 0.1) is 0 Å². The summed E-state index contributed by atoms with van der Waals surface area (Å²) in [7, 11) is -2.04. The molecule has 0 unspecified atom stereocenters. The van der Waals surface area contributed by atoms with Crippen LogP contribution in [0.5, 0.6) is 11.5 Å². The second-order valence-electron chi connectivity index (χ2n) is 5.75. The van der Waals surface area contributed by atoms with Gasteiger partial charge in [0.1, 0.15) is 0 Å². The van der Waals surface area contributed by atoms with Crippen LogP contribution in [0.1, 0.15) is 12.5 Å². The first-order valence-electron chi connectivity index (χ1n) is 8.31. The maximum Gasteiger partial charge on any atom is 0.240 e. The van der Waals surface area contributed by atoms with Gasteiger partial charge in [-0.05, 0) is 47.5 Å². The van der Waals surface area contributed by atoms with Crippen molar-refractivity contribution in [3.63, 3.8) is 0 Å². The Labute approximate surface area is 153 Å². The summed E-state index contributed by atoms with van der Waals surface area (Å²) in [6, 6.07) is 18.1. The van der Waals surface area contributed by atoms with E-state index in [0.29, 0.717) is 18.1 Å². The molecule has 0 aromatic heterocycles. The number of hydrogen-bond donors (Lipinski definition) is 1. The van der Waals surface area contributed by atoms with E-state index < -0.39 is 10.0 Å². The second-order valence-corrected chi connectivity index (χ2v) is 7.52. The van der Waals surface area contributed by atoms with Crippen LogP contribution in [-0.2, 0) is 16.6 Å². The third kappa shape index (κ3) is 3.98. The van der Waals surface area contributed by atoms with Crippen LogP contribution in [0.4, 0.5) is 0 Å². The predicted octanol–water partition coefficient (Wildman–Crippen LogP) is 3.73. The predicted molar refractivity (Wildman–Crippen MR) is 102 cm³/mol. The van der Waals surface area contributed by atoms with E-state index in [1.54, 1.807) is 31.4 Å². The molecule has 3 rings (SSSR count). The molecule has 136 valence electrons. The number of rotatable bonds is 7. The van der Waals surface area contributed by atoms with Gasteiger partial charge in [-0.15, -0.1) is 0 Å². The molecule has 0 radical (unpaired) electrons. The second kappa shape index (κ2) is 7.76. The number of ether oxygens (including phenoxy) is 2. The van der Waals surface area contributed by atoms with E-state index in [4.69, 9.17) is 9.47 Å². The van der Waals surface area contributed by atoms with E-state index in [1.807, 2.05) is 43.3 Å². The molecule has 0 aliphatic heterocycles. The van der Waals surface area contributed by atoms with Gasteiger partial charge in [0.15, 0.2) is 11.5 Å². The summed E-state index contributed by atoms with van der Waals surface area (Å²) >= 11 is 0. The molecule has 0 saturated heterocycles. The molecular formula is C20H21NO4S. The van der Waals surface area contributed by atoms with Gasteiger partial charge in [-0.1, -0.05) is 36.4 Å². The summed E-state index contributed by atoms with van der Waals surface area (Å²) in [6.45, 7) is 2.55. The zero-order valence-corrected chi connectivity index (χ0v) is 15.5. The lowest BCUT2D eigenvalue weighted by molar-refractivity contribution is 0.310. The number of benzene rings is 3. The van der Waals surface area contributed by atoms with E-state index in [1.165, 1.54) is 0 Å². The van der Waals surface area contributed by atoms with Crippen LogP contribution in [0.2, 0.25) is 0 Å². The molecule has 0 saturated carbocycles.